The number of hydrogen-bond acceptors (Lipinski definition) is 5. The summed E-state index contributed by atoms with van der Waals surface area (Å²) in [5, 5.41) is 16.2. The highest BCUT2D eigenvalue weighted by Gasteiger charge is 2.34. The predicted molar refractivity (Wildman–Crippen MR) is 126 cm³/mol. The summed E-state index contributed by atoms with van der Waals surface area (Å²) in [6.45, 7) is 5.98. The van der Waals surface area contributed by atoms with Crippen molar-refractivity contribution in [3.8, 4) is 0 Å². The average Bonchev–Trinajstić information content (AvgIpc) is 3.21. The van der Waals surface area contributed by atoms with E-state index in [9.17, 15) is 9.50 Å². The van der Waals surface area contributed by atoms with E-state index in [-0.39, 0.29) is 47.9 Å². The molecule has 0 spiro atoms. The highest BCUT2D eigenvalue weighted by molar-refractivity contribution is 14.0. The van der Waals surface area contributed by atoms with Gasteiger partial charge in [0.15, 0.2) is 5.96 Å². The Morgan fingerprint density at radius 2 is 1.93 bits per heavy atom. The number of guanidine groups is 1. The van der Waals surface area contributed by atoms with Crippen LogP contribution >= 0.6 is 24.0 Å². The summed E-state index contributed by atoms with van der Waals surface area (Å²) < 4.78 is 24.5. The molecule has 1 aromatic rings. The number of nitrogens with zero attached hydrogens (tertiary/aromatic N) is 2. The number of morpholine rings is 1. The summed E-state index contributed by atoms with van der Waals surface area (Å²) in [5.41, 5.74) is 1.02. The van der Waals surface area contributed by atoms with Crippen LogP contribution in [0.4, 0.5) is 4.39 Å². The summed E-state index contributed by atoms with van der Waals surface area (Å²) >= 11 is 0. The van der Waals surface area contributed by atoms with Crippen LogP contribution in [-0.2, 0) is 9.47 Å². The lowest BCUT2D eigenvalue weighted by atomic mass is 9.84. The molecule has 170 valence electrons. The number of ether oxygens (including phenoxy) is 2. The maximum atomic E-state index is 13.4. The summed E-state index contributed by atoms with van der Waals surface area (Å²) in [4.78, 5) is 6.71. The van der Waals surface area contributed by atoms with Crippen molar-refractivity contribution in [3.05, 3.63) is 35.6 Å². The van der Waals surface area contributed by atoms with Gasteiger partial charge in [-0.2, -0.15) is 0 Å². The van der Waals surface area contributed by atoms with Crippen LogP contribution in [0.2, 0.25) is 0 Å². The number of aliphatic hydroxyl groups excluding tert-OH is 1. The third kappa shape index (κ3) is 7.01. The van der Waals surface area contributed by atoms with Crippen molar-refractivity contribution in [2.45, 2.75) is 18.9 Å². The number of benzene rings is 1. The van der Waals surface area contributed by atoms with Gasteiger partial charge in [-0.25, -0.2) is 4.39 Å². The van der Waals surface area contributed by atoms with Crippen molar-refractivity contribution in [2.75, 3.05) is 66.3 Å². The van der Waals surface area contributed by atoms with Crippen LogP contribution < -0.4 is 10.6 Å². The smallest absolute Gasteiger partial charge is 0.191 e. The van der Waals surface area contributed by atoms with E-state index in [2.05, 4.69) is 20.5 Å². The minimum absolute atomic E-state index is 0. The molecular formula is C21H34FIN4O3. The molecule has 3 N–H and O–H groups in total. The second-order valence-electron chi connectivity index (χ2n) is 7.80. The molecule has 2 heterocycles. The Balaban J connectivity index is 0.00000320. The Labute approximate surface area is 195 Å². The Bertz CT molecular complexity index is 650. The zero-order valence-electron chi connectivity index (χ0n) is 17.6. The van der Waals surface area contributed by atoms with Crippen molar-refractivity contribution >= 4 is 29.9 Å². The third-order valence-electron chi connectivity index (χ3n) is 5.89. The second-order valence-corrected chi connectivity index (χ2v) is 7.80. The molecule has 0 bridgehead atoms. The topological polar surface area (TPSA) is 78.4 Å². The van der Waals surface area contributed by atoms with Gasteiger partial charge in [-0.1, -0.05) is 12.1 Å². The normalized spacial score (nSPS) is 23.6. The number of rotatable bonds is 8. The fourth-order valence-electron chi connectivity index (χ4n) is 4.03. The molecule has 0 amide bonds. The molecule has 0 radical (unpaired) electrons. The van der Waals surface area contributed by atoms with E-state index >= 15 is 0 Å². The lowest BCUT2D eigenvalue weighted by Crippen LogP contribution is -2.48. The Morgan fingerprint density at radius 3 is 2.53 bits per heavy atom. The molecule has 9 heteroatoms. The quantitative estimate of drug-likeness (QED) is 0.267. The molecule has 0 aliphatic carbocycles. The summed E-state index contributed by atoms with van der Waals surface area (Å²) in [6.07, 6.45) is 1.65. The van der Waals surface area contributed by atoms with Crippen molar-refractivity contribution in [1.82, 2.24) is 15.5 Å². The second kappa shape index (κ2) is 12.7. The standard InChI is InChI=1S/C21H33FN4O3.HI/c1-23-20(25-15-21(6-10-27)7-11-29-16-21)24-14-19(26-8-12-28-13-9-26)17-2-4-18(22)5-3-17;/h2-5,19,27H,6-16H2,1H3,(H2,23,24,25);1H. The van der Waals surface area contributed by atoms with E-state index in [0.29, 0.717) is 39.3 Å². The fourth-order valence-corrected chi connectivity index (χ4v) is 4.03. The van der Waals surface area contributed by atoms with Crippen LogP contribution in [0.3, 0.4) is 0 Å². The zero-order chi connectivity index (χ0) is 20.5. The molecule has 2 aliphatic rings. The Kier molecular flexibility index (Phi) is 10.7. The monoisotopic (exact) mass is 536 g/mol. The van der Waals surface area contributed by atoms with E-state index in [1.807, 2.05) is 12.1 Å². The number of halogens is 2. The molecule has 0 aromatic heterocycles. The van der Waals surface area contributed by atoms with E-state index in [4.69, 9.17) is 9.47 Å². The maximum absolute atomic E-state index is 13.4. The number of aliphatic imine (C=N–C) groups is 1. The first-order valence-electron chi connectivity index (χ1n) is 10.4. The SMILES string of the molecule is CN=C(NCC(c1ccc(F)cc1)N1CCOCC1)NCC1(CCO)CCOC1.I. The third-order valence-corrected chi connectivity index (χ3v) is 5.89. The van der Waals surface area contributed by atoms with E-state index in [1.54, 1.807) is 7.05 Å². The van der Waals surface area contributed by atoms with Gasteiger partial charge in [0.1, 0.15) is 5.82 Å². The molecule has 7 nitrogen and oxygen atoms in total. The predicted octanol–water partition coefficient (Wildman–Crippen LogP) is 1.77. The van der Waals surface area contributed by atoms with Crippen molar-refractivity contribution in [2.24, 2.45) is 10.4 Å². The molecule has 2 aliphatic heterocycles. The summed E-state index contributed by atoms with van der Waals surface area (Å²) in [5.74, 6) is 0.488. The lowest BCUT2D eigenvalue weighted by molar-refractivity contribution is 0.0169. The van der Waals surface area contributed by atoms with E-state index in [1.165, 1.54) is 12.1 Å². The minimum atomic E-state index is -0.229. The molecule has 3 rings (SSSR count). The number of hydrogen-bond donors (Lipinski definition) is 3. The van der Waals surface area contributed by atoms with Gasteiger partial charge < -0.3 is 25.2 Å². The largest absolute Gasteiger partial charge is 0.396 e. The molecule has 2 atom stereocenters. The van der Waals surface area contributed by atoms with Gasteiger partial charge in [0.2, 0.25) is 0 Å². The van der Waals surface area contributed by atoms with Crippen LogP contribution in [0.1, 0.15) is 24.4 Å². The molecule has 1 aromatic carbocycles. The minimum Gasteiger partial charge on any atom is -0.396 e. The van der Waals surface area contributed by atoms with E-state index in [0.717, 1.165) is 37.6 Å². The molecular weight excluding hydrogens is 502 g/mol. The Hall–Kier alpha value is -1.01. The highest BCUT2D eigenvalue weighted by Crippen LogP contribution is 2.31. The lowest BCUT2D eigenvalue weighted by Gasteiger charge is -2.35. The van der Waals surface area contributed by atoms with Crippen molar-refractivity contribution < 1.29 is 19.0 Å². The van der Waals surface area contributed by atoms with Gasteiger partial charge in [-0.3, -0.25) is 9.89 Å². The number of aliphatic hydroxyl groups is 1. The van der Waals surface area contributed by atoms with Gasteiger partial charge in [0.05, 0.1) is 25.9 Å². The van der Waals surface area contributed by atoms with Gasteiger partial charge in [-0.15, -0.1) is 24.0 Å². The van der Waals surface area contributed by atoms with Gasteiger partial charge in [0, 0.05) is 51.9 Å². The molecule has 2 fully saturated rings. The summed E-state index contributed by atoms with van der Waals surface area (Å²) in [6, 6.07) is 6.81. The van der Waals surface area contributed by atoms with Crippen LogP contribution in [-0.4, -0.2) is 82.2 Å². The summed E-state index contributed by atoms with van der Waals surface area (Å²) in [7, 11) is 1.75. The van der Waals surface area contributed by atoms with Gasteiger partial charge >= 0.3 is 0 Å². The van der Waals surface area contributed by atoms with Crippen LogP contribution in [0, 0.1) is 11.2 Å². The van der Waals surface area contributed by atoms with Gasteiger partial charge in [0.25, 0.3) is 0 Å². The maximum Gasteiger partial charge on any atom is 0.191 e. The van der Waals surface area contributed by atoms with Crippen LogP contribution in [0.15, 0.2) is 29.3 Å². The highest BCUT2D eigenvalue weighted by atomic mass is 127. The first-order valence-corrected chi connectivity index (χ1v) is 10.4. The molecule has 2 saturated heterocycles. The van der Waals surface area contributed by atoms with Crippen molar-refractivity contribution in [1.29, 1.82) is 0 Å². The molecule has 2 unspecified atom stereocenters. The first kappa shape index (κ1) is 25.3. The Morgan fingerprint density at radius 1 is 1.20 bits per heavy atom. The molecule has 0 saturated carbocycles. The van der Waals surface area contributed by atoms with Crippen LogP contribution in [0.5, 0.6) is 0 Å². The number of nitrogens with one attached hydrogen (secondary N) is 2. The fraction of sp³-hybridized carbons (Fsp3) is 0.667. The van der Waals surface area contributed by atoms with Crippen molar-refractivity contribution in [3.63, 3.8) is 0 Å². The first-order chi connectivity index (χ1) is 14.2. The zero-order valence-corrected chi connectivity index (χ0v) is 19.9. The molecule has 30 heavy (non-hydrogen) atoms. The van der Waals surface area contributed by atoms with Crippen LogP contribution in [0.25, 0.3) is 0 Å². The van der Waals surface area contributed by atoms with Gasteiger partial charge in [-0.05, 0) is 30.5 Å². The van der Waals surface area contributed by atoms with E-state index < -0.39 is 0 Å². The average molecular weight is 536 g/mol.